The monoisotopic (exact) mass is 197 g/mol. The maximum Gasteiger partial charge on any atom is 0.163 e. The highest BCUT2D eigenvalue weighted by Gasteiger charge is 2.15. The lowest BCUT2D eigenvalue weighted by atomic mass is 10.0. The molecule has 0 aliphatic rings. The number of aliphatic hydroxyl groups is 1. The van der Waals surface area contributed by atoms with Gasteiger partial charge in [0.25, 0.3) is 0 Å². The molecule has 0 amide bonds. The molecule has 0 bridgehead atoms. The zero-order valence-electron chi connectivity index (χ0n) is 8.32. The van der Waals surface area contributed by atoms with Gasteiger partial charge in [0.1, 0.15) is 0 Å². The smallest absolute Gasteiger partial charge is 0.163 e. The van der Waals surface area contributed by atoms with E-state index in [1.54, 1.807) is 12.1 Å². The van der Waals surface area contributed by atoms with E-state index in [1.807, 2.05) is 6.92 Å². The zero-order chi connectivity index (χ0) is 10.7. The summed E-state index contributed by atoms with van der Waals surface area (Å²) in [6, 6.07) is 2.90. The van der Waals surface area contributed by atoms with Gasteiger partial charge in [-0.25, -0.2) is 0 Å². The predicted octanol–water partition coefficient (Wildman–Crippen LogP) is 0.701. The van der Waals surface area contributed by atoms with Crippen molar-refractivity contribution in [2.24, 2.45) is 5.73 Å². The molecule has 0 spiro atoms. The number of ether oxygens (including phenoxy) is 1. The summed E-state index contributed by atoms with van der Waals surface area (Å²) in [4.78, 5) is 0. The molecular formula is C10H15NO3. The second kappa shape index (κ2) is 4.30. The van der Waals surface area contributed by atoms with Crippen molar-refractivity contribution in [2.75, 3.05) is 13.7 Å². The Morgan fingerprint density at radius 2 is 2.14 bits per heavy atom. The quantitative estimate of drug-likeness (QED) is 0.666. The van der Waals surface area contributed by atoms with E-state index < -0.39 is 6.04 Å². The predicted molar refractivity (Wildman–Crippen MR) is 53.4 cm³/mol. The Labute approximate surface area is 82.9 Å². The third kappa shape index (κ3) is 1.81. The molecule has 0 aromatic heterocycles. The van der Waals surface area contributed by atoms with Gasteiger partial charge in [0.15, 0.2) is 11.5 Å². The summed E-state index contributed by atoms with van der Waals surface area (Å²) in [5.74, 6) is 0.417. The Balaban J connectivity index is 3.21. The third-order valence-electron chi connectivity index (χ3n) is 2.16. The number of methoxy groups -OCH3 is 1. The highest BCUT2D eigenvalue weighted by atomic mass is 16.5. The molecule has 0 aliphatic carbocycles. The molecule has 0 saturated heterocycles. The number of hydrogen-bond acceptors (Lipinski definition) is 4. The molecule has 1 aromatic rings. The minimum absolute atomic E-state index is 0.00838. The number of phenolic OH excluding ortho intramolecular Hbond substituents is 1. The van der Waals surface area contributed by atoms with Gasteiger partial charge in [-0.05, 0) is 12.5 Å². The highest BCUT2D eigenvalue weighted by Crippen LogP contribution is 2.35. The van der Waals surface area contributed by atoms with Gasteiger partial charge in [0, 0.05) is 5.56 Å². The normalized spacial score (nSPS) is 12.6. The second-order valence-corrected chi connectivity index (χ2v) is 3.14. The Morgan fingerprint density at radius 1 is 1.50 bits per heavy atom. The Bertz CT molecular complexity index is 325. The summed E-state index contributed by atoms with van der Waals surface area (Å²) in [6.07, 6.45) is 0. The first-order valence-corrected chi connectivity index (χ1v) is 4.34. The largest absolute Gasteiger partial charge is 0.504 e. The van der Waals surface area contributed by atoms with Crippen LogP contribution in [0.4, 0.5) is 0 Å². The molecular weight excluding hydrogens is 182 g/mol. The van der Waals surface area contributed by atoms with Crippen molar-refractivity contribution < 1.29 is 14.9 Å². The van der Waals surface area contributed by atoms with Gasteiger partial charge >= 0.3 is 0 Å². The van der Waals surface area contributed by atoms with Gasteiger partial charge in [-0.15, -0.1) is 0 Å². The average Bonchev–Trinajstić information content (AvgIpc) is 2.18. The fraction of sp³-hybridized carbons (Fsp3) is 0.400. The Morgan fingerprint density at radius 3 is 2.64 bits per heavy atom. The molecule has 0 heterocycles. The van der Waals surface area contributed by atoms with Gasteiger partial charge in [0.05, 0.1) is 19.8 Å². The fourth-order valence-electron chi connectivity index (χ4n) is 1.34. The van der Waals surface area contributed by atoms with Crippen LogP contribution >= 0.6 is 0 Å². The van der Waals surface area contributed by atoms with Crippen LogP contribution in [0, 0.1) is 6.92 Å². The standard InChI is InChI=1S/C10H15NO3/c1-6-3-4-7(8(11)5-12)9(13)10(6)14-2/h3-4,8,12-13H,5,11H2,1-2H3. The summed E-state index contributed by atoms with van der Waals surface area (Å²) in [7, 11) is 1.48. The van der Waals surface area contributed by atoms with E-state index in [9.17, 15) is 5.11 Å². The molecule has 4 nitrogen and oxygen atoms in total. The number of nitrogens with two attached hydrogens (primary N) is 1. The number of aryl methyl sites for hydroxylation is 1. The maximum absolute atomic E-state index is 9.76. The Hall–Kier alpha value is -1.26. The SMILES string of the molecule is COc1c(C)ccc(C(N)CO)c1O. The Kier molecular flexibility index (Phi) is 3.33. The average molecular weight is 197 g/mol. The van der Waals surface area contributed by atoms with E-state index >= 15 is 0 Å². The van der Waals surface area contributed by atoms with Crippen LogP contribution in [0.5, 0.6) is 11.5 Å². The minimum atomic E-state index is -0.579. The number of rotatable bonds is 3. The van der Waals surface area contributed by atoms with Gasteiger partial charge in [-0.2, -0.15) is 0 Å². The summed E-state index contributed by atoms with van der Waals surface area (Å²) < 4.78 is 5.02. The van der Waals surface area contributed by atoms with Crippen LogP contribution in [-0.2, 0) is 0 Å². The van der Waals surface area contributed by atoms with Crippen LogP contribution in [0.25, 0.3) is 0 Å². The number of benzene rings is 1. The first-order chi connectivity index (χ1) is 6.61. The summed E-state index contributed by atoms with van der Waals surface area (Å²) >= 11 is 0. The lowest BCUT2D eigenvalue weighted by molar-refractivity contribution is 0.264. The second-order valence-electron chi connectivity index (χ2n) is 3.14. The van der Waals surface area contributed by atoms with E-state index in [4.69, 9.17) is 15.6 Å². The van der Waals surface area contributed by atoms with Crippen molar-refractivity contribution in [2.45, 2.75) is 13.0 Å². The van der Waals surface area contributed by atoms with Gasteiger partial charge < -0.3 is 20.7 Å². The lowest BCUT2D eigenvalue weighted by Crippen LogP contribution is -2.14. The van der Waals surface area contributed by atoms with Crippen molar-refractivity contribution in [3.8, 4) is 11.5 Å². The minimum Gasteiger partial charge on any atom is -0.504 e. The molecule has 0 aliphatic heterocycles. The van der Waals surface area contributed by atoms with Gasteiger partial charge in [0.2, 0.25) is 0 Å². The molecule has 1 atom stereocenters. The van der Waals surface area contributed by atoms with Crippen molar-refractivity contribution >= 4 is 0 Å². The topological polar surface area (TPSA) is 75.7 Å². The van der Waals surface area contributed by atoms with Gasteiger partial charge in [-0.1, -0.05) is 12.1 Å². The van der Waals surface area contributed by atoms with Crippen LogP contribution in [-0.4, -0.2) is 23.9 Å². The van der Waals surface area contributed by atoms with Crippen molar-refractivity contribution in [3.05, 3.63) is 23.3 Å². The molecule has 0 saturated carbocycles. The molecule has 1 rings (SSSR count). The zero-order valence-corrected chi connectivity index (χ0v) is 8.32. The molecule has 78 valence electrons. The molecule has 0 fully saturated rings. The molecule has 0 radical (unpaired) electrons. The summed E-state index contributed by atoms with van der Waals surface area (Å²) in [5, 5.41) is 18.6. The summed E-state index contributed by atoms with van der Waals surface area (Å²) in [6.45, 7) is 1.62. The molecule has 4 heteroatoms. The van der Waals surface area contributed by atoms with Crippen LogP contribution in [0.15, 0.2) is 12.1 Å². The van der Waals surface area contributed by atoms with E-state index in [-0.39, 0.29) is 12.4 Å². The number of phenols is 1. The third-order valence-corrected chi connectivity index (χ3v) is 2.16. The molecule has 4 N–H and O–H groups in total. The van der Waals surface area contributed by atoms with Gasteiger partial charge in [-0.3, -0.25) is 0 Å². The van der Waals surface area contributed by atoms with Crippen molar-refractivity contribution in [3.63, 3.8) is 0 Å². The number of aliphatic hydroxyl groups excluding tert-OH is 1. The van der Waals surface area contributed by atoms with E-state index in [0.29, 0.717) is 11.3 Å². The highest BCUT2D eigenvalue weighted by molar-refractivity contribution is 5.51. The first-order valence-electron chi connectivity index (χ1n) is 4.34. The lowest BCUT2D eigenvalue weighted by Gasteiger charge is -2.14. The van der Waals surface area contributed by atoms with E-state index in [1.165, 1.54) is 7.11 Å². The maximum atomic E-state index is 9.76. The molecule has 1 aromatic carbocycles. The number of hydrogen-bond donors (Lipinski definition) is 3. The number of aromatic hydroxyl groups is 1. The summed E-state index contributed by atoms with van der Waals surface area (Å²) in [5.41, 5.74) is 6.93. The first kappa shape index (κ1) is 10.8. The van der Waals surface area contributed by atoms with Crippen LogP contribution in [0.3, 0.4) is 0 Å². The van der Waals surface area contributed by atoms with E-state index in [2.05, 4.69) is 0 Å². The van der Waals surface area contributed by atoms with Crippen LogP contribution in [0.1, 0.15) is 17.2 Å². The fourth-order valence-corrected chi connectivity index (χ4v) is 1.34. The molecule has 1 unspecified atom stereocenters. The van der Waals surface area contributed by atoms with E-state index in [0.717, 1.165) is 5.56 Å². The van der Waals surface area contributed by atoms with Crippen molar-refractivity contribution in [1.29, 1.82) is 0 Å². The molecule has 14 heavy (non-hydrogen) atoms. The van der Waals surface area contributed by atoms with Crippen LogP contribution < -0.4 is 10.5 Å². The van der Waals surface area contributed by atoms with Crippen LogP contribution in [0.2, 0.25) is 0 Å². The van der Waals surface area contributed by atoms with Crippen molar-refractivity contribution in [1.82, 2.24) is 0 Å².